The first-order chi connectivity index (χ1) is 25.9. The Hall–Kier alpha value is -4.55. The van der Waals surface area contributed by atoms with Gasteiger partial charge >= 0.3 is 6.09 Å². The minimum Gasteiger partial charge on any atom is -0.490 e. The van der Waals surface area contributed by atoms with E-state index in [-0.39, 0.29) is 26.3 Å². The van der Waals surface area contributed by atoms with Crippen molar-refractivity contribution in [1.29, 1.82) is 0 Å². The number of anilines is 1. The molecule has 0 radical (unpaired) electrons. The number of β-amino-alcohol motifs (C(OH)–C–C–N with tert-alkyl or cyclic N) is 1. The minimum atomic E-state index is -0.906. The molecule has 1 amide bonds. The number of hydrogen-bond acceptors (Lipinski definition) is 8. The highest BCUT2D eigenvalue weighted by Gasteiger charge is 2.40. The highest BCUT2D eigenvalue weighted by Crippen LogP contribution is 2.35. The lowest BCUT2D eigenvalue weighted by Crippen LogP contribution is -2.53. The third-order valence-electron chi connectivity index (χ3n) is 9.69. The Kier molecular flexibility index (Phi) is 13.7. The second-order valence-corrected chi connectivity index (χ2v) is 13.5. The van der Waals surface area contributed by atoms with Crippen molar-refractivity contribution in [2.24, 2.45) is 0 Å². The topological polar surface area (TPSA) is 89.9 Å². The summed E-state index contributed by atoms with van der Waals surface area (Å²) >= 11 is 0. The van der Waals surface area contributed by atoms with E-state index < -0.39 is 35.9 Å². The summed E-state index contributed by atoms with van der Waals surface area (Å²) in [4.78, 5) is 17.1. The third kappa shape index (κ3) is 10.5. The number of methoxy groups -OCH3 is 1. The second-order valence-electron chi connectivity index (χ2n) is 13.5. The monoisotopic (exact) mass is 730 g/mol. The van der Waals surface area contributed by atoms with Gasteiger partial charge < -0.3 is 38.6 Å². The van der Waals surface area contributed by atoms with Crippen LogP contribution in [0.25, 0.3) is 0 Å². The Bertz CT molecular complexity index is 1760. The minimum absolute atomic E-state index is 0.0987. The molecule has 0 aromatic heterocycles. The average Bonchev–Trinajstić information content (AvgIpc) is 3.18. The van der Waals surface area contributed by atoms with Crippen LogP contribution in [0.5, 0.6) is 5.75 Å². The van der Waals surface area contributed by atoms with Crippen molar-refractivity contribution >= 4 is 11.8 Å². The van der Waals surface area contributed by atoms with E-state index in [2.05, 4.69) is 11.0 Å². The van der Waals surface area contributed by atoms with E-state index in [0.717, 1.165) is 65.3 Å². The molecule has 4 aromatic rings. The zero-order valence-corrected chi connectivity index (χ0v) is 30.1. The van der Waals surface area contributed by atoms with Gasteiger partial charge in [0.15, 0.2) is 0 Å². The van der Waals surface area contributed by atoms with Gasteiger partial charge in [0.1, 0.15) is 30.6 Å². The van der Waals surface area contributed by atoms with Gasteiger partial charge in [-0.2, -0.15) is 0 Å². The number of ether oxygens (including phenoxy) is 5. The number of halogens is 2. The van der Waals surface area contributed by atoms with Gasteiger partial charge in [-0.25, -0.2) is 13.6 Å². The summed E-state index contributed by atoms with van der Waals surface area (Å²) in [6, 6.07) is 26.8. The molecule has 11 heteroatoms. The van der Waals surface area contributed by atoms with E-state index in [1.165, 1.54) is 11.0 Å². The van der Waals surface area contributed by atoms with Crippen molar-refractivity contribution in [2.45, 2.75) is 57.2 Å². The fourth-order valence-electron chi connectivity index (χ4n) is 6.91. The maximum Gasteiger partial charge on any atom is 0.410 e. The Labute approximate surface area is 310 Å². The summed E-state index contributed by atoms with van der Waals surface area (Å²) in [5.74, 6) is -0.446. The Morgan fingerprint density at radius 1 is 0.868 bits per heavy atom. The number of amides is 1. The van der Waals surface area contributed by atoms with Crippen LogP contribution in [0.15, 0.2) is 91.0 Å². The van der Waals surface area contributed by atoms with Crippen LogP contribution < -0.4 is 9.64 Å². The molecule has 53 heavy (non-hydrogen) atoms. The van der Waals surface area contributed by atoms with E-state index in [4.69, 9.17) is 23.7 Å². The largest absolute Gasteiger partial charge is 0.490 e. The molecule has 9 nitrogen and oxygen atoms in total. The molecule has 0 saturated carbocycles. The quantitative estimate of drug-likeness (QED) is 0.123. The Balaban J connectivity index is 1.11. The molecule has 0 aliphatic carbocycles. The average molecular weight is 731 g/mol. The predicted octanol–water partition coefficient (Wildman–Crippen LogP) is 7.03. The Morgan fingerprint density at radius 2 is 1.66 bits per heavy atom. The number of carbonyl (C=O) groups is 1. The number of piperidine rings is 1. The fraction of sp³-hybridized carbons (Fsp3) is 0.405. The van der Waals surface area contributed by atoms with Gasteiger partial charge in [0.05, 0.1) is 50.7 Å². The van der Waals surface area contributed by atoms with Crippen LogP contribution in [-0.2, 0) is 45.2 Å². The molecule has 0 spiro atoms. The van der Waals surface area contributed by atoms with E-state index in [1.54, 1.807) is 7.11 Å². The molecule has 3 atom stereocenters. The SMILES string of the molecule is COCCCN1CCOc2ccc(COC3CN(C(=O)OCc4ccccc4)CC(O)C3c3ccc(COCCCc4cc(F)ccc4F)cc3)cc21. The van der Waals surface area contributed by atoms with Gasteiger partial charge in [-0.1, -0.05) is 60.7 Å². The molecular weight excluding hydrogens is 682 g/mol. The number of aliphatic hydroxyl groups excluding tert-OH is 1. The van der Waals surface area contributed by atoms with Crippen molar-refractivity contribution in [3.8, 4) is 5.75 Å². The summed E-state index contributed by atoms with van der Waals surface area (Å²) < 4.78 is 56.7. The number of carbonyl (C=O) groups excluding carboxylic acids is 1. The lowest BCUT2D eigenvalue weighted by Gasteiger charge is -2.41. The molecule has 2 heterocycles. The van der Waals surface area contributed by atoms with Crippen LogP contribution in [0.4, 0.5) is 19.3 Å². The molecule has 3 unspecified atom stereocenters. The summed E-state index contributed by atoms with van der Waals surface area (Å²) in [6.07, 6.45) is -0.108. The van der Waals surface area contributed by atoms with Gasteiger partial charge in [-0.05, 0) is 77.4 Å². The first-order valence-corrected chi connectivity index (χ1v) is 18.2. The number of likely N-dealkylation sites (tertiary alicyclic amines) is 1. The van der Waals surface area contributed by atoms with Crippen LogP contribution in [0.2, 0.25) is 0 Å². The molecule has 282 valence electrons. The molecule has 4 aromatic carbocycles. The summed E-state index contributed by atoms with van der Waals surface area (Å²) in [6.45, 7) is 4.42. The second kappa shape index (κ2) is 19.0. The first kappa shape index (κ1) is 38.2. The van der Waals surface area contributed by atoms with Crippen LogP contribution >= 0.6 is 0 Å². The molecule has 0 bridgehead atoms. The van der Waals surface area contributed by atoms with Crippen molar-refractivity contribution in [2.75, 3.05) is 58.0 Å². The van der Waals surface area contributed by atoms with E-state index >= 15 is 0 Å². The van der Waals surface area contributed by atoms with Gasteiger partial charge in [0.25, 0.3) is 0 Å². The standard InChI is InChI=1S/C42H48F2N2O7/c1-49-20-6-18-45-19-22-51-39-17-12-32(23-37(39)45)29-52-40-26-46(42(48)53-28-30-7-3-2-4-8-30)25-38(47)41(40)33-13-10-31(11-14-33)27-50-21-5-9-34-24-35(43)15-16-36(34)44/h2-4,7-8,10-17,23-24,38,40-41,47H,5-6,9,18-22,25-29H2,1H3. The number of nitrogens with zero attached hydrogens (tertiary/aromatic N) is 2. The smallest absolute Gasteiger partial charge is 0.410 e. The predicted molar refractivity (Wildman–Crippen MR) is 197 cm³/mol. The van der Waals surface area contributed by atoms with Crippen LogP contribution in [0.3, 0.4) is 0 Å². The lowest BCUT2D eigenvalue weighted by atomic mass is 9.84. The van der Waals surface area contributed by atoms with Crippen LogP contribution in [0.1, 0.15) is 46.6 Å². The third-order valence-corrected chi connectivity index (χ3v) is 9.69. The summed E-state index contributed by atoms with van der Waals surface area (Å²) in [5.41, 5.74) is 5.00. The zero-order chi connectivity index (χ0) is 37.0. The van der Waals surface area contributed by atoms with Gasteiger partial charge in [0.2, 0.25) is 0 Å². The number of fused-ring (bicyclic) bond motifs is 1. The van der Waals surface area contributed by atoms with Gasteiger partial charge in [-0.15, -0.1) is 0 Å². The van der Waals surface area contributed by atoms with Gasteiger partial charge in [0, 0.05) is 32.8 Å². The maximum atomic E-state index is 13.9. The van der Waals surface area contributed by atoms with Crippen molar-refractivity contribution in [1.82, 2.24) is 4.90 Å². The molecular formula is C42H48F2N2O7. The van der Waals surface area contributed by atoms with Crippen molar-refractivity contribution in [3.05, 3.63) is 130 Å². The van der Waals surface area contributed by atoms with Crippen LogP contribution in [0, 0.1) is 11.6 Å². The molecule has 2 aliphatic rings. The molecule has 2 aliphatic heterocycles. The van der Waals surface area contributed by atoms with Gasteiger partial charge in [-0.3, -0.25) is 0 Å². The normalized spacial score (nSPS) is 18.4. The maximum absolute atomic E-state index is 13.9. The number of rotatable bonds is 16. The van der Waals surface area contributed by atoms with E-state index in [1.807, 2.05) is 66.7 Å². The molecule has 1 N–H and O–H groups in total. The van der Waals surface area contributed by atoms with Crippen molar-refractivity contribution in [3.63, 3.8) is 0 Å². The number of aliphatic hydroxyl groups is 1. The summed E-state index contributed by atoms with van der Waals surface area (Å²) in [5, 5.41) is 11.6. The number of aryl methyl sites for hydroxylation is 1. The highest BCUT2D eigenvalue weighted by molar-refractivity contribution is 5.68. The molecule has 1 saturated heterocycles. The van der Waals surface area contributed by atoms with E-state index in [0.29, 0.717) is 44.8 Å². The zero-order valence-electron chi connectivity index (χ0n) is 30.1. The Morgan fingerprint density at radius 3 is 2.47 bits per heavy atom. The first-order valence-electron chi connectivity index (χ1n) is 18.2. The van der Waals surface area contributed by atoms with E-state index in [9.17, 15) is 18.7 Å². The highest BCUT2D eigenvalue weighted by atomic mass is 19.1. The number of benzene rings is 4. The van der Waals surface area contributed by atoms with Crippen molar-refractivity contribution < 1.29 is 42.4 Å². The molecule has 1 fully saturated rings. The van der Waals surface area contributed by atoms with Crippen LogP contribution in [-0.4, -0.2) is 81.4 Å². The number of hydrogen-bond donors (Lipinski definition) is 1. The lowest BCUT2D eigenvalue weighted by molar-refractivity contribution is -0.0692. The summed E-state index contributed by atoms with van der Waals surface area (Å²) in [7, 11) is 1.71. The molecule has 6 rings (SSSR count). The fourth-order valence-corrected chi connectivity index (χ4v) is 6.91.